The molecular weight excluding hydrogens is 194 g/mol. The standard InChI is InChI=1S/C10H19N3O2/c1-3-12-5-4-9(14)13(6-8(2)11)7-10(12)15/h8H,3-7,11H2,1-2H3. The van der Waals surface area contributed by atoms with E-state index in [1.54, 1.807) is 9.80 Å². The number of nitrogens with two attached hydrogens (primary N) is 1. The van der Waals surface area contributed by atoms with Crippen molar-refractivity contribution >= 4 is 11.8 Å². The van der Waals surface area contributed by atoms with Gasteiger partial charge in [-0.25, -0.2) is 0 Å². The summed E-state index contributed by atoms with van der Waals surface area (Å²) in [7, 11) is 0. The smallest absolute Gasteiger partial charge is 0.242 e. The molecule has 0 aromatic rings. The Balaban J connectivity index is 2.65. The number of amides is 2. The van der Waals surface area contributed by atoms with Crippen LogP contribution in [-0.4, -0.2) is 53.8 Å². The molecule has 2 amide bonds. The van der Waals surface area contributed by atoms with Gasteiger partial charge in [-0.1, -0.05) is 0 Å². The van der Waals surface area contributed by atoms with Gasteiger partial charge in [-0.2, -0.15) is 0 Å². The van der Waals surface area contributed by atoms with E-state index in [-0.39, 0.29) is 24.4 Å². The van der Waals surface area contributed by atoms with Gasteiger partial charge >= 0.3 is 0 Å². The van der Waals surface area contributed by atoms with Crippen molar-refractivity contribution in [1.29, 1.82) is 0 Å². The highest BCUT2D eigenvalue weighted by atomic mass is 16.2. The molecule has 1 unspecified atom stereocenters. The van der Waals surface area contributed by atoms with Crippen LogP contribution in [0.4, 0.5) is 0 Å². The van der Waals surface area contributed by atoms with Crippen molar-refractivity contribution in [3.8, 4) is 0 Å². The normalized spacial score (nSPS) is 20.5. The molecule has 5 nitrogen and oxygen atoms in total. The van der Waals surface area contributed by atoms with Gasteiger partial charge in [-0.3, -0.25) is 9.59 Å². The molecule has 1 atom stereocenters. The molecule has 0 bridgehead atoms. The molecule has 0 aromatic carbocycles. The largest absolute Gasteiger partial charge is 0.341 e. The summed E-state index contributed by atoms with van der Waals surface area (Å²) >= 11 is 0. The van der Waals surface area contributed by atoms with Crippen molar-refractivity contribution in [2.45, 2.75) is 26.3 Å². The monoisotopic (exact) mass is 213 g/mol. The van der Waals surface area contributed by atoms with Gasteiger partial charge in [0.1, 0.15) is 0 Å². The van der Waals surface area contributed by atoms with E-state index in [0.29, 0.717) is 26.1 Å². The molecule has 1 rings (SSSR count). The summed E-state index contributed by atoms with van der Waals surface area (Å²) < 4.78 is 0. The van der Waals surface area contributed by atoms with Crippen molar-refractivity contribution in [2.75, 3.05) is 26.2 Å². The molecule has 1 fully saturated rings. The van der Waals surface area contributed by atoms with Gasteiger partial charge in [0, 0.05) is 32.1 Å². The fourth-order valence-corrected chi connectivity index (χ4v) is 1.71. The zero-order valence-electron chi connectivity index (χ0n) is 9.40. The van der Waals surface area contributed by atoms with Crippen LogP contribution in [0.1, 0.15) is 20.3 Å². The van der Waals surface area contributed by atoms with Crippen LogP contribution in [0.15, 0.2) is 0 Å². The Kier molecular flexibility index (Phi) is 4.08. The number of hydrogen-bond acceptors (Lipinski definition) is 3. The second kappa shape index (κ2) is 5.11. The van der Waals surface area contributed by atoms with Crippen molar-refractivity contribution < 1.29 is 9.59 Å². The van der Waals surface area contributed by atoms with Crippen LogP contribution in [0, 0.1) is 0 Å². The van der Waals surface area contributed by atoms with Crippen LogP contribution < -0.4 is 5.73 Å². The molecule has 15 heavy (non-hydrogen) atoms. The Hall–Kier alpha value is -1.10. The second-order valence-corrected chi connectivity index (χ2v) is 3.97. The fourth-order valence-electron chi connectivity index (χ4n) is 1.71. The Morgan fingerprint density at radius 2 is 2.00 bits per heavy atom. The lowest BCUT2D eigenvalue weighted by atomic mass is 10.3. The Bertz CT molecular complexity index is 253. The molecule has 86 valence electrons. The third-order valence-electron chi connectivity index (χ3n) is 2.52. The number of rotatable bonds is 3. The molecular formula is C10H19N3O2. The first-order valence-electron chi connectivity index (χ1n) is 5.35. The minimum Gasteiger partial charge on any atom is -0.341 e. The average Bonchev–Trinajstić information content (AvgIpc) is 2.27. The van der Waals surface area contributed by atoms with Crippen LogP contribution in [0.2, 0.25) is 0 Å². The van der Waals surface area contributed by atoms with Gasteiger partial charge in [-0.05, 0) is 13.8 Å². The molecule has 0 spiro atoms. The zero-order chi connectivity index (χ0) is 11.4. The first-order chi connectivity index (χ1) is 7.04. The van der Waals surface area contributed by atoms with Crippen molar-refractivity contribution in [3.63, 3.8) is 0 Å². The quantitative estimate of drug-likeness (QED) is 0.681. The summed E-state index contributed by atoms with van der Waals surface area (Å²) in [4.78, 5) is 26.6. The van der Waals surface area contributed by atoms with E-state index in [1.165, 1.54) is 0 Å². The highest BCUT2D eigenvalue weighted by Gasteiger charge is 2.25. The Labute approximate surface area is 90.2 Å². The molecule has 0 radical (unpaired) electrons. The topological polar surface area (TPSA) is 66.6 Å². The molecule has 0 aromatic heterocycles. The van der Waals surface area contributed by atoms with Gasteiger partial charge in [0.2, 0.25) is 11.8 Å². The maximum atomic E-state index is 11.7. The molecule has 1 heterocycles. The van der Waals surface area contributed by atoms with Crippen molar-refractivity contribution in [2.24, 2.45) is 5.73 Å². The van der Waals surface area contributed by atoms with E-state index in [2.05, 4.69) is 0 Å². The first kappa shape index (κ1) is 12.0. The van der Waals surface area contributed by atoms with E-state index >= 15 is 0 Å². The summed E-state index contributed by atoms with van der Waals surface area (Å²) in [6.07, 6.45) is 0.409. The fraction of sp³-hybridized carbons (Fsp3) is 0.800. The summed E-state index contributed by atoms with van der Waals surface area (Å²) in [5, 5.41) is 0. The van der Waals surface area contributed by atoms with E-state index in [1.807, 2.05) is 13.8 Å². The summed E-state index contributed by atoms with van der Waals surface area (Å²) in [5.74, 6) is 0.0422. The minimum atomic E-state index is -0.0880. The third kappa shape index (κ3) is 3.20. The zero-order valence-corrected chi connectivity index (χ0v) is 9.40. The highest BCUT2D eigenvalue weighted by Crippen LogP contribution is 2.06. The number of carbonyl (C=O) groups excluding carboxylic acids is 2. The van der Waals surface area contributed by atoms with Gasteiger partial charge in [-0.15, -0.1) is 0 Å². The van der Waals surface area contributed by atoms with Gasteiger partial charge < -0.3 is 15.5 Å². The molecule has 1 saturated heterocycles. The van der Waals surface area contributed by atoms with Gasteiger partial charge in [0.05, 0.1) is 6.54 Å². The molecule has 0 saturated carbocycles. The van der Waals surface area contributed by atoms with Crippen molar-refractivity contribution in [1.82, 2.24) is 9.80 Å². The Morgan fingerprint density at radius 3 is 2.53 bits per heavy atom. The van der Waals surface area contributed by atoms with Crippen LogP contribution in [0.5, 0.6) is 0 Å². The lowest BCUT2D eigenvalue weighted by Gasteiger charge is -2.22. The molecule has 5 heteroatoms. The second-order valence-electron chi connectivity index (χ2n) is 3.97. The Morgan fingerprint density at radius 1 is 1.33 bits per heavy atom. The molecule has 2 N–H and O–H groups in total. The summed E-state index contributed by atoms with van der Waals surface area (Å²) in [6, 6.07) is -0.0880. The van der Waals surface area contributed by atoms with Crippen LogP contribution in [-0.2, 0) is 9.59 Å². The van der Waals surface area contributed by atoms with E-state index in [9.17, 15) is 9.59 Å². The third-order valence-corrected chi connectivity index (χ3v) is 2.52. The van der Waals surface area contributed by atoms with Gasteiger partial charge in [0.25, 0.3) is 0 Å². The SMILES string of the molecule is CCN1CCC(=O)N(CC(C)N)CC1=O. The summed E-state index contributed by atoms with van der Waals surface area (Å²) in [6.45, 7) is 5.59. The number of nitrogens with zero attached hydrogens (tertiary/aromatic N) is 2. The highest BCUT2D eigenvalue weighted by molar-refractivity contribution is 5.87. The average molecular weight is 213 g/mol. The predicted molar refractivity (Wildman–Crippen MR) is 57.1 cm³/mol. The predicted octanol–water partition coefficient (Wildman–Crippen LogP) is -0.586. The number of likely N-dealkylation sites (N-methyl/N-ethyl adjacent to an activating group) is 1. The minimum absolute atomic E-state index is 0.0176. The van der Waals surface area contributed by atoms with E-state index in [0.717, 1.165) is 0 Å². The number of carbonyl (C=O) groups is 2. The molecule has 1 aliphatic rings. The van der Waals surface area contributed by atoms with Gasteiger partial charge in [0.15, 0.2) is 0 Å². The maximum Gasteiger partial charge on any atom is 0.242 e. The summed E-state index contributed by atoms with van der Waals surface area (Å²) in [5.41, 5.74) is 5.63. The lowest BCUT2D eigenvalue weighted by Crippen LogP contribution is -2.42. The van der Waals surface area contributed by atoms with Crippen LogP contribution in [0.3, 0.4) is 0 Å². The lowest BCUT2D eigenvalue weighted by molar-refractivity contribution is -0.136. The first-order valence-corrected chi connectivity index (χ1v) is 5.35. The molecule has 0 aliphatic carbocycles. The van der Waals surface area contributed by atoms with E-state index < -0.39 is 0 Å². The maximum absolute atomic E-state index is 11.7. The van der Waals surface area contributed by atoms with Crippen molar-refractivity contribution in [3.05, 3.63) is 0 Å². The van der Waals surface area contributed by atoms with E-state index in [4.69, 9.17) is 5.73 Å². The van der Waals surface area contributed by atoms with Crippen LogP contribution in [0.25, 0.3) is 0 Å². The van der Waals surface area contributed by atoms with Crippen LogP contribution >= 0.6 is 0 Å². The number of hydrogen-bond donors (Lipinski definition) is 1. The molecule has 1 aliphatic heterocycles.